The van der Waals surface area contributed by atoms with Gasteiger partial charge in [0.2, 0.25) is 0 Å². The fraction of sp³-hybridized carbons (Fsp3) is 0.316. The predicted molar refractivity (Wildman–Crippen MR) is 95.7 cm³/mol. The number of rotatable bonds is 5. The number of hydrogen-bond donors (Lipinski definition) is 2. The molecular weight excluding hydrogens is 359 g/mol. The molecule has 27 heavy (non-hydrogen) atoms. The first-order valence-electron chi connectivity index (χ1n) is 8.39. The van der Waals surface area contributed by atoms with Crippen molar-refractivity contribution in [3.63, 3.8) is 0 Å². The number of para-hydroxylation sites is 1. The lowest BCUT2D eigenvalue weighted by molar-refractivity contribution is -0.141. The van der Waals surface area contributed by atoms with Gasteiger partial charge in [-0.05, 0) is 44.0 Å². The Bertz CT molecular complexity index is 864. The van der Waals surface area contributed by atoms with Gasteiger partial charge in [0, 0.05) is 6.54 Å². The molecule has 0 aliphatic rings. The molecule has 5 nitrogen and oxygen atoms in total. The maximum atomic E-state index is 12.7. The zero-order valence-corrected chi connectivity index (χ0v) is 15.2. The van der Waals surface area contributed by atoms with E-state index in [1.807, 2.05) is 6.92 Å². The monoisotopic (exact) mass is 379 g/mol. The number of nitrogens with one attached hydrogen (secondary N) is 2. The van der Waals surface area contributed by atoms with Crippen molar-refractivity contribution in [3.05, 3.63) is 58.4 Å². The summed E-state index contributed by atoms with van der Waals surface area (Å²) in [6, 6.07) is 6.83. The van der Waals surface area contributed by atoms with Gasteiger partial charge >= 0.3 is 6.18 Å². The molecule has 1 aromatic carbocycles. The van der Waals surface area contributed by atoms with E-state index in [0.29, 0.717) is 17.8 Å². The lowest BCUT2D eigenvalue weighted by Crippen LogP contribution is -2.26. The van der Waals surface area contributed by atoms with E-state index in [4.69, 9.17) is 0 Å². The molecule has 1 aromatic heterocycles. The highest BCUT2D eigenvalue weighted by Gasteiger charge is 2.33. The molecule has 1 heterocycles. The van der Waals surface area contributed by atoms with Crippen molar-refractivity contribution in [3.8, 4) is 0 Å². The van der Waals surface area contributed by atoms with Crippen LogP contribution >= 0.6 is 0 Å². The van der Waals surface area contributed by atoms with Gasteiger partial charge in [0.05, 0.1) is 22.5 Å². The molecule has 0 saturated heterocycles. The van der Waals surface area contributed by atoms with E-state index in [2.05, 4.69) is 15.6 Å². The predicted octanol–water partition coefficient (Wildman–Crippen LogP) is 4.11. The maximum absolute atomic E-state index is 12.7. The third-order valence-corrected chi connectivity index (χ3v) is 3.91. The second-order valence-electron chi connectivity index (χ2n) is 6.03. The Hall–Kier alpha value is -2.90. The first kappa shape index (κ1) is 20.4. The quantitative estimate of drug-likeness (QED) is 0.821. The Morgan fingerprint density at radius 2 is 1.74 bits per heavy atom. The number of hydrogen-bond acceptors (Lipinski definition) is 3. The number of halogens is 3. The Morgan fingerprint density at radius 1 is 1.04 bits per heavy atom. The second kappa shape index (κ2) is 8.20. The summed E-state index contributed by atoms with van der Waals surface area (Å²) in [5.74, 6) is -0.967. The zero-order valence-electron chi connectivity index (χ0n) is 15.2. The smallest absolute Gasteiger partial charge is 0.352 e. The van der Waals surface area contributed by atoms with Crippen LogP contribution in [0.15, 0.2) is 30.3 Å². The summed E-state index contributed by atoms with van der Waals surface area (Å²) >= 11 is 0. The molecule has 2 rings (SSSR count). The standard InChI is InChI=1S/C19H20F3N3O2/c1-4-10-23-17(26)14-7-5-6-11(2)16(14)25-18(27)13-8-9-15(19(20,21)22)24-12(13)3/h5-9H,4,10H2,1-3H3,(H,23,26)(H,25,27). The van der Waals surface area contributed by atoms with Crippen molar-refractivity contribution in [2.45, 2.75) is 33.4 Å². The molecule has 0 aliphatic carbocycles. The van der Waals surface area contributed by atoms with Crippen molar-refractivity contribution >= 4 is 17.5 Å². The molecule has 2 aromatic rings. The molecule has 0 aliphatic heterocycles. The van der Waals surface area contributed by atoms with Gasteiger partial charge in [-0.1, -0.05) is 19.1 Å². The van der Waals surface area contributed by atoms with Gasteiger partial charge in [-0.2, -0.15) is 13.2 Å². The first-order valence-corrected chi connectivity index (χ1v) is 8.39. The van der Waals surface area contributed by atoms with Gasteiger partial charge in [-0.25, -0.2) is 4.98 Å². The molecule has 8 heteroatoms. The average molecular weight is 379 g/mol. The van der Waals surface area contributed by atoms with Crippen molar-refractivity contribution in [2.24, 2.45) is 0 Å². The zero-order chi connectivity index (χ0) is 20.2. The molecule has 0 unspecified atom stereocenters. The number of aromatic nitrogens is 1. The molecule has 2 amide bonds. The highest BCUT2D eigenvalue weighted by atomic mass is 19.4. The molecule has 0 fully saturated rings. The van der Waals surface area contributed by atoms with E-state index in [1.165, 1.54) is 6.92 Å². The first-order chi connectivity index (χ1) is 12.6. The summed E-state index contributed by atoms with van der Waals surface area (Å²) in [5.41, 5.74) is 0.154. The maximum Gasteiger partial charge on any atom is 0.433 e. The lowest BCUT2D eigenvalue weighted by atomic mass is 10.1. The summed E-state index contributed by atoms with van der Waals surface area (Å²) in [6.07, 6.45) is -3.82. The molecule has 0 spiro atoms. The van der Waals surface area contributed by atoms with Gasteiger partial charge in [-0.15, -0.1) is 0 Å². The number of anilines is 1. The highest BCUT2D eigenvalue weighted by molar-refractivity contribution is 6.10. The number of aryl methyl sites for hydroxylation is 2. The van der Waals surface area contributed by atoms with Crippen LogP contribution in [0.4, 0.5) is 18.9 Å². The summed E-state index contributed by atoms with van der Waals surface area (Å²) in [5, 5.41) is 5.37. The van der Waals surface area contributed by atoms with Crippen molar-refractivity contribution < 1.29 is 22.8 Å². The van der Waals surface area contributed by atoms with Crippen LogP contribution in [0.1, 0.15) is 51.0 Å². The van der Waals surface area contributed by atoms with Gasteiger partial charge in [0.25, 0.3) is 11.8 Å². The number of carbonyl (C=O) groups is 2. The topological polar surface area (TPSA) is 71.1 Å². The van der Waals surface area contributed by atoms with Crippen molar-refractivity contribution in [2.75, 3.05) is 11.9 Å². The van der Waals surface area contributed by atoms with Crippen LogP contribution in [0.5, 0.6) is 0 Å². The average Bonchev–Trinajstić information content (AvgIpc) is 2.60. The van der Waals surface area contributed by atoms with Gasteiger partial charge in [-0.3, -0.25) is 9.59 Å². The van der Waals surface area contributed by atoms with E-state index in [9.17, 15) is 22.8 Å². The van der Waals surface area contributed by atoms with E-state index in [0.717, 1.165) is 18.6 Å². The third kappa shape index (κ3) is 4.84. The summed E-state index contributed by atoms with van der Waals surface area (Å²) < 4.78 is 38.2. The fourth-order valence-corrected chi connectivity index (χ4v) is 2.50. The van der Waals surface area contributed by atoms with Crippen LogP contribution in [0.2, 0.25) is 0 Å². The van der Waals surface area contributed by atoms with Crippen LogP contribution in [0, 0.1) is 13.8 Å². The Labute approximate surface area is 155 Å². The number of benzene rings is 1. The van der Waals surface area contributed by atoms with Gasteiger partial charge in [0.15, 0.2) is 0 Å². The fourth-order valence-electron chi connectivity index (χ4n) is 2.50. The van der Waals surface area contributed by atoms with Crippen LogP contribution < -0.4 is 10.6 Å². The van der Waals surface area contributed by atoms with Crippen molar-refractivity contribution in [1.82, 2.24) is 10.3 Å². The number of carbonyl (C=O) groups excluding carboxylic acids is 2. The van der Waals surface area contributed by atoms with Crippen LogP contribution in [-0.2, 0) is 6.18 Å². The van der Waals surface area contributed by atoms with E-state index in [-0.39, 0.29) is 22.7 Å². The second-order valence-corrected chi connectivity index (χ2v) is 6.03. The largest absolute Gasteiger partial charge is 0.433 e. The van der Waals surface area contributed by atoms with Crippen LogP contribution in [-0.4, -0.2) is 23.3 Å². The molecular formula is C19H20F3N3O2. The number of pyridine rings is 1. The SMILES string of the molecule is CCCNC(=O)c1cccc(C)c1NC(=O)c1ccc(C(F)(F)F)nc1C. The Morgan fingerprint density at radius 3 is 2.33 bits per heavy atom. The minimum atomic E-state index is -4.58. The third-order valence-electron chi connectivity index (χ3n) is 3.91. The normalized spacial score (nSPS) is 11.2. The highest BCUT2D eigenvalue weighted by Crippen LogP contribution is 2.28. The summed E-state index contributed by atoms with van der Waals surface area (Å²) in [6.45, 7) is 5.46. The molecule has 144 valence electrons. The summed E-state index contributed by atoms with van der Waals surface area (Å²) in [7, 11) is 0. The van der Waals surface area contributed by atoms with E-state index >= 15 is 0 Å². The Balaban J connectivity index is 2.32. The molecule has 0 atom stereocenters. The molecule has 2 N–H and O–H groups in total. The van der Waals surface area contributed by atoms with Gasteiger partial charge < -0.3 is 10.6 Å². The van der Waals surface area contributed by atoms with Crippen molar-refractivity contribution in [1.29, 1.82) is 0 Å². The van der Waals surface area contributed by atoms with Crippen LogP contribution in [0.25, 0.3) is 0 Å². The number of alkyl halides is 3. The summed E-state index contributed by atoms with van der Waals surface area (Å²) in [4.78, 5) is 28.4. The van der Waals surface area contributed by atoms with Gasteiger partial charge in [0.1, 0.15) is 5.69 Å². The minimum Gasteiger partial charge on any atom is -0.352 e. The number of amides is 2. The minimum absolute atomic E-state index is 0.00571. The van der Waals surface area contributed by atoms with Crippen LogP contribution in [0.3, 0.4) is 0 Å². The van der Waals surface area contributed by atoms with E-state index in [1.54, 1.807) is 25.1 Å². The Kier molecular flexibility index (Phi) is 6.20. The molecule has 0 saturated carbocycles. The lowest BCUT2D eigenvalue weighted by Gasteiger charge is -2.15. The number of nitrogens with zero attached hydrogens (tertiary/aromatic N) is 1. The molecule has 0 radical (unpaired) electrons. The molecule has 0 bridgehead atoms. The van der Waals surface area contributed by atoms with E-state index < -0.39 is 17.8 Å².